The van der Waals surface area contributed by atoms with Crippen molar-refractivity contribution in [2.24, 2.45) is 4.99 Å². The number of urea groups is 1. The Morgan fingerprint density at radius 2 is 1.90 bits per heavy atom. The Labute approximate surface area is 186 Å². The zero-order valence-electron chi connectivity index (χ0n) is 16.0. The summed E-state index contributed by atoms with van der Waals surface area (Å²) in [6.45, 7) is 1.61. The molecule has 7 nitrogen and oxygen atoms in total. The van der Waals surface area contributed by atoms with Gasteiger partial charge in [-0.2, -0.15) is 5.26 Å². The van der Waals surface area contributed by atoms with Crippen LogP contribution in [0.25, 0.3) is 0 Å². The van der Waals surface area contributed by atoms with Crippen LogP contribution in [0.2, 0.25) is 0 Å². The summed E-state index contributed by atoms with van der Waals surface area (Å²) >= 11 is 2.09. The molecule has 1 heterocycles. The molecule has 0 spiro atoms. The van der Waals surface area contributed by atoms with Gasteiger partial charge >= 0.3 is 6.03 Å². The number of nitrogens with zero attached hydrogens (tertiary/aromatic N) is 3. The fourth-order valence-electron chi connectivity index (χ4n) is 2.87. The van der Waals surface area contributed by atoms with Crippen molar-refractivity contribution in [2.75, 3.05) is 5.32 Å². The number of halogens is 1. The molecular weight excluding hydrogens is 495 g/mol. The van der Waals surface area contributed by atoms with E-state index in [-0.39, 0.29) is 29.1 Å². The Kier molecular flexibility index (Phi) is 6.64. The van der Waals surface area contributed by atoms with E-state index in [9.17, 15) is 20.0 Å². The lowest BCUT2D eigenvalue weighted by Crippen LogP contribution is -2.26. The first-order chi connectivity index (χ1) is 14.4. The van der Waals surface area contributed by atoms with Crippen molar-refractivity contribution >= 4 is 40.5 Å². The maximum Gasteiger partial charge on any atom is 0.345 e. The highest BCUT2D eigenvalue weighted by atomic mass is 127. The van der Waals surface area contributed by atoms with Crippen LogP contribution in [0.15, 0.2) is 64.4 Å². The second-order valence-corrected chi connectivity index (χ2v) is 7.56. The van der Waals surface area contributed by atoms with Gasteiger partial charge in [0.2, 0.25) is 5.88 Å². The van der Waals surface area contributed by atoms with Gasteiger partial charge in [0.25, 0.3) is 5.56 Å². The summed E-state index contributed by atoms with van der Waals surface area (Å²) in [6.07, 6.45) is 1.16. The summed E-state index contributed by atoms with van der Waals surface area (Å²) in [7, 11) is 0. The third-order valence-electron chi connectivity index (χ3n) is 4.46. The van der Waals surface area contributed by atoms with Gasteiger partial charge in [-0.3, -0.25) is 9.36 Å². The molecule has 0 saturated heterocycles. The Bertz CT molecular complexity index is 1230. The van der Waals surface area contributed by atoms with Crippen molar-refractivity contribution < 1.29 is 9.90 Å². The second kappa shape index (κ2) is 9.37. The predicted molar refractivity (Wildman–Crippen MR) is 123 cm³/mol. The number of hydrogen-bond donors (Lipinski definition) is 2. The fraction of sp³-hybridized carbons (Fsp3) is 0.0909. The molecule has 0 saturated carbocycles. The van der Waals surface area contributed by atoms with Gasteiger partial charge < -0.3 is 10.4 Å². The van der Waals surface area contributed by atoms with Crippen LogP contribution in [0.1, 0.15) is 22.3 Å². The number of carbonyl (C=O) groups excluding carboxylic acids is 1. The Morgan fingerprint density at radius 1 is 1.23 bits per heavy atom. The SMILES string of the molecule is Cc1c(C=NC(=O)Nc2ccccc2I)c(O)n(Cc2ccccc2)c(=O)c1C#N. The standard InChI is InChI=1S/C22H17IN4O3/c1-14-16(11-24)20(28)27(13-15-7-3-2-4-8-15)21(29)17(14)12-25-22(30)26-19-10-6-5-9-18(19)23/h2-10,12,29H,13H2,1H3,(H,26,30). The molecule has 0 bridgehead atoms. The largest absolute Gasteiger partial charge is 0.494 e. The third kappa shape index (κ3) is 4.58. The number of aliphatic imine (C=N–C) groups is 1. The maximum atomic E-state index is 12.7. The van der Waals surface area contributed by atoms with Gasteiger partial charge in [0, 0.05) is 9.78 Å². The van der Waals surface area contributed by atoms with E-state index in [0.717, 1.165) is 19.9 Å². The number of anilines is 1. The van der Waals surface area contributed by atoms with Crippen molar-refractivity contribution in [2.45, 2.75) is 13.5 Å². The molecule has 0 fully saturated rings. The Morgan fingerprint density at radius 3 is 2.57 bits per heavy atom. The van der Waals surface area contributed by atoms with Crippen molar-refractivity contribution in [3.8, 4) is 11.9 Å². The second-order valence-electron chi connectivity index (χ2n) is 6.39. The van der Waals surface area contributed by atoms with E-state index in [1.54, 1.807) is 24.3 Å². The minimum atomic E-state index is -0.641. The first-order valence-electron chi connectivity index (χ1n) is 8.92. The number of nitriles is 1. The predicted octanol–water partition coefficient (Wildman–Crippen LogP) is 4.04. The molecule has 2 N–H and O–H groups in total. The van der Waals surface area contributed by atoms with Crippen LogP contribution in [0.5, 0.6) is 5.88 Å². The molecule has 1 aromatic heterocycles. The summed E-state index contributed by atoms with van der Waals surface area (Å²) in [5, 5.41) is 22.8. The minimum absolute atomic E-state index is 0.0791. The lowest BCUT2D eigenvalue weighted by Gasteiger charge is -2.14. The van der Waals surface area contributed by atoms with Gasteiger partial charge in [-0.25, -0.2) is 9.79 Å². The van der Waals surface area contributed by atoms with Gasteiger partial charge in [0.15, 0.2) is 0 Å². The number of carbonyl (C=O) groups is 1. The number of nitrogens with one attached hydrogen (secondary N) is 1. The molecule has 150 valence electrons. The van der Waals surface area contributed by atoms with Crippen LogP contribution < -0.4 is 10.9 Å². The van der Waals surface area contributed by atoms with E-state index in [2.05, 4.69) is 32.9 Å². The molecule has 8 heteroatoms. The normalized spacial score (nSPS) is 10.7. The molecule has 30 heavy (non-hydrogen) atoms. The van der Waals surface area contributed by atoms with Crippen LogP contribution in [-0.2, 0) is 6.54 Å². The van der Waals surface area contributed by atoms with Crippen LogP contribution in [-0.4, -0.2) is 21.9 Å². The average molecular weight is 512 g/mol. The van der Waals surface area contributed by atoms with Crippen LogP contribution in [0.3, 0.4) is 0 Å². The molecule has 0 aliphatic heterocycles. The van der Waals surface area contributed by atoms with Crippen LogP contribution in [0, 0.1) is 21.8 Å². The van der Waals surface area contributed by atoms with E-state index in [1.165, 1.54) is 6.92 Å². The number of rotatable bonds is 4. The van der Waals surface area contributed by atoms with Crippen molar-refractivity contribution in [3.63, 3.8) is 0 Å². The molecule has 0 aliphatic rings. The van der Waals surface area contributed by atoms with Crippen LogP contribution in [0.4, 0.5) is 10.5 Å². The molecule has 2 aromatic carbocycles. The lowest BCUT2D eigenvalue weighted by molar-refractivity contribution is 0.259. The summed E-state index contributed by atoms with van der Waals surface area (Å²) in [5.74, 6) is -0.355. The zero-order chi connectivity index (χ0) is 21.7. The van der Waals surface area contributed by atoms with E-state index in [4.69, 9.17) is 0 Å². The average Bonchev–Trinajstić information content (AvgIpc) is 2.74. The fourth-order valence-corrected chi connectivity index (χ4v) is 3.39. The van der Waals surface area contributed by atoms with E-state index < -0.39 is 11.6 Å². The van der Waals surface area contributed by atoms with E-state index in [1.807, 2.05) is 36.4 Å². The van der Waals surface area contributed by atoms with Crippen LogP contribution >= 0.6 is 22.6 Å². The highest BCUT2D eigenvalue weighted by Gasteiger charge is 2.18. The molecule has 0 radical (unpaired) electrons. The molecule has 0 aliphatic carbocycles. The quantitative estimate of drug-likeness (QED) is 0.407. The number of pyridine rings is 1. The van der Waals surface area contributed by atoms with Crippen molar-refractivity contribution in [3.05, 3.63) is 90.8 Å². The van der Waals surface area contributed by atoms with Gasteiger partial charge in [-0.15, -0.1) is 0 Å². The number of benzene rings is 2. The van der Waals surface area contributed by atoms with Gasteiger partial charge in [-0.05, 0) is 52.8 Å². The topological polar surface area (TPSA) is 107 Å². The summed E-state index contributed by atoms with van der Waals surface area (Å²) in [6, 6.07) is 17.5. The number of hydrogen-bond acceptors (Lipinski definition) is 4. The number of aromatic nitrogens is 1. The summed E-state index contributed by atoms with van der Waals surface area (Å²) in [5.41, 5.74) is 1.07. The van der Waals surface area contributed by atoms with E-state index >= 15 is 0 Å². The first-order valence-corrected chi connectivity index (χ1v) is 10.00. The highest BCUT2D eigenvalue weighted by molar-refractivity contribution is 14.1. The van der Waals surface area contributed by atoms with Gasteiger partial charge in [-0.1, -0.05) is 42.5 Å². The smallest absolute Gasteiger partial charge is 0.345 e. The van der Waals surface area contributed by atoms with Crippen molar-refractivity contribution in [1.29, 1.82) is 5.26 Å². The summed E-state index contributed by atoms with van der Waals surface area (Å²) < 4.78 is 1.95. The molecule has 3 rings (SSSR count). The Balaban J connectivity index is 1.98. The molecule has 0 atom stereocenters. The zero-order valence-corrected chi connectivity index (χ0v) is 18.1. The maximum absolute atomic E-state index is 12.7. The lowest BCUT2D eigenvalue weighted by atomic mass is 10.1. The third-order valence-corrected chi connectivity index (χ3v) is 5.40. The van der Waals surface area contributed by atoms with Gasteiger partial charge in [0.1, 0.15) is 11.6 Å². The molecule has 3 aromatic rings. The van der Waals surface area contributed by atoms with Gasteiger partial charge in [0.05, 0.1) is 17.8 Å². The Hall–Kier alpha value is -3.45. The highest BCUT2D eigenvalue weighted by Crippen LogP contribution is 2.21. The minimum Gasteiger partial charge on any atom is -0.494 e. The molecule has 2 amide bonds. The van der Waals surface area contributed by atoms with E-state index in [0.29, 0.717) is 5.69 Å². The number of amides is 2. The monoisotopic (exact) mass is 512 g/mol. The first kappa shape index (κ1) is 21.3. The molecular formula is C22H17IN4O3. The molecule has 0 unspecified atom stereocenters. The summed E-state index contributed by atoms with van der Waals surface area (Å²) in [4.78, 5) is 28.7. The van der Waals surface area contributed by atoms with Crippen molar-refractivity contribution in [1.82, 2.24) is 4.57 Å². The number of para-hydroxylation sites is 1. The number of aromatic hydroxyl groups is 1.